The van der Waals surface area contributed by atoms with Crippen LogP contribution in [0.4, 0.5) is 5.69 Å². The van der Waals surface area contributed by atoms with Crippen molar-refractivity contribution in [3.63, 3.8) is 0 Å². The molecule has 0 radical (unpaired) electrons. The Balaban J connectivity index is 1.78. The van der Waals surface area contributed by atoms with E-state index in [2.05, 4.69) is 35.3 Å². The number of hydrogen-bond acceptors (Lipinski definition) is 3. The van der Waals surface area contributed by atoms with Gasteiger partial charge in [0.1, 0.15) is 0 Å². The first-order valence-corrected chi connectivity index (χ1v) is 8.54. The van der Waals surface area contributed by atoms with E-state index in [1.54, 1.807) is 0 Å². The largest absolute Gasteiger partial charge is 0.374 e. The summed E-state index contributed by atoms with van der Waals surface area (Å²) < 4.78 is 5.96. The Kier molecular flexibility index (Phi) is 5.04. The van der Waals surface area contributed by atoms with E-state index in [9.17, 15) is 0 Å². The topological polar surface area (TPSA) is 24.5 Å². The number of nitrogens with zero attached hydrogens (tertiary/aromatic N) is 1. The van der Waals surface area contributed by atoms with Crippen LogP contribution < -0.4 is 10.2 Å². The van der Waals surface area contributed by atoms with Gasteiger partial charge < -0.3 is 15.0 Å². The molecule has 0 bridgehead atoms. The Hall–Kier alpha value is -0.770. The van der Waals surface area contributed by atoms with Crippen molar-refractivity contribution in [2.24, 2.45) is 0 Å². The number of hydrogen-bond donors (Lipinski definition) is 1. The number of nitrogens with one attached hydrogen (secondary N) is 1. The highest BCUT2D eigenvalue weighted by Gasteiger charge is 2.34. The highest BCUT2D eigenvalue weighted by atomic mass is 35.5. The van der Waals surface area contributed by atoms with Gasteiger partial charge in [0.25, 0.3) is 0 Å². The van der Waals surface area contributed by atoms with Crippen LogP contribution in [0.1, 0.15) is 38.2 Å². The molecule has 1 aliphatic heterocycles. The summed E-state index contributed by atoms with van der Waals surface area (Å²) in [5, 5.41) is 4.22. The van der Waals surface area contributed by atoms with E-state index in [-0.39, 0.29) is 0 Å². The molecule has 116 valence electrons. The molecule has 1 N–H and O–H groups in total. The molecule has 1 saturated heterocycles. The predicted octanol–water partition coefficient (Wildman–Crippen LogP) is 3.60. The van der Waals surface area contributed by atoms with Crippen molar-refractivity contribution in [2.45, 2.75) is 51.3 Å². The third-order valence-corrected chi connectivity index (χ3v) is 4.94. The fourth-order valence-corrected chi connectivity index (χ4v) is 3.87. The Labute approximate surface area is 132 Å². The minimum atomic E-state index is 0.394. The smallest absolute Gasteiger partial charge is 0.0779 e. The van der Waals surface area contributed by atoms with Crippen molar-refractivity contribution in [3.8, 4) is 0 Å². The van der Waals surface area contributed by atoms with Crippen LogP contribution in [0.3, 0.4) is 0 Å². The molecular formula is C17H25ClN2O. The van der Waals surface area contributed by atoms with E-state index in [1.807, 2.05) is 0 Å². The maximum absolute atomic E-state index is 6.56. The number of ether oxygens (including phenoxy) is 1. The van der Waals surface area contributed by atoms with Crippen LogP contribution in [-0.4, -0.2) is 31.8 Å². The van der Waals surface area contributed by atoms with Crippen LogP contribution in [0.25, 0.3) is 0 Å². The van der Waals surface area contributed by atoms with Crippen LogP contribution >= 0.6 is 11.6 Å². The van der Waals surface area contributed by atoms with E-state index in [4.69, 9.17) is 16.3 Å². The monoisotopic (exact) mass is 308 g/mol. The zero-order valence-corrected chi connectivity index (χ0v) is 13.5. The molecule has 0 amide bonds. The van der Waals surface area contributed by atoms with Gasteiger partial charge in [0.05, 0.1) is 29.5 Å². The lowest BCUT2D eigenvalue weighted by atomic mass is 9.89. The van der Waals surface area contributed by atoms with Crippen LogP contribution in [0.15, 0.2) is 18.2 Å². The SMILES string of the molecule is CCNCc1ccc(N2CCOC3CCCCC32)c(Cl)c1. The number of rotatable bonds is 4. The molecule has 2 unspecified atom stereocenters. The Morgan fingerprint density at radius 1 is 1.33 bits per heavy atom. The van der Waals surface area contributed by atoms with Gasteiger partial charge in [-0.05, 0) is 37.1 Å². The van der Waals surface area contributed by atoms with Gasteiger partial charge in [-0.2, -0.15) is 0 Å². The predicted molar refractivity (Wildman–Crippen MR) is 88.2 cm³/mol. The fourth-order valence-electron chi connectivity index (χ4n) is 3.56. The number of halogens is 1. The second-order valence-corrected chi connectivity index (χ2v) is 6.43. The third kappa shape index (κ3) is 3.36. The van der Waals surface area contributed by atoms with E-state index in [0.29, 0.717) is 12.1 Å². The molecule has 1 aromatic carbocycles. The molecule has 4 heteroatoms. The minimum absolute atomic E-state index is 0.394. The summed E-state index contributed by atoms with van der Waals surface area (Å²) in [4.78, 5) is 2.48. The maximum Gasteiger partial charge on any atom is 0.0779 e. The van der Waals surface area contributed by atoms with Gasteiger partial charge in [0.15, 0.2) is 0 Å². The second-order valence-electron chi connectivity index (χ2n) is 6.02. The lowest BCUT2D eigenvalue weighted by Gasteiger charge is -2.45. The molecule has 2 atom stereocenters. The molecule has 1 heterocycles. The Bertz CT molecular complexity index is 478. The van der Waals surface area contributed by atoms with Gasteiger partial charge in [-0.3, -0.25) is 0 Å². The zero-order valence-electron chi connectivity index (χ0n) is 12.8. The molecule has 3 nitrogen and oxygen atoms in total. The third-order valence-electron chi connectivity index (χ3n) is 4.63. The van der Waals surface area contributed by atoms with E-state index < -0.39 is 0 Å². The lowest BCUT2D eigenvalue weighted by Crippen LogP contribution is -2.52. The molecule has 21 heavy (non-hydrogen) atoms. The van der Waals surface area contributed by atoms with Crippen molar-refractivity contribution >= 4 is 17.3 Å². The molecule has 0 aromatic heterocycles. The van der Waals surface area contributed by atoms with E-state index in [0.717, 1.165) is 31.3 Å². The normalized spacial score (nSPS) is 25.7. The quantitative estimate of drug-likeness (QED) is 0.920. The average Bonchev–Trinajstić information content (AvgIpc) is 2.53. The minimum Gasteiger partial charge on any atom is -0.374 e. The Morgan fingerprint density at radius 2 is 2.19 bits per heavy atom. The van der Waals surface area contributed by atoms with E-state index in [1.165, 1.54) is 36.9 Å². The number of fused-ring (bicyclic) bond motifs is 1. The summed E-state index contributed by atoms with van der Waals surface area (Å²) in [7, 11) is 0. The summed E-state index contributed by atoms with van der Waals surface area (Å²) in [5.74, 6) is 0. The second kappa shape index (κ2) is 6.99. The zero-order chi connectivity index (χ0) is 14.7. The molecule has 2 aliphatic rings. The first kappa shape index (κ1) is 15.1. The number of morpholine rings is 1. The first-order chi connectivity index (χ1) is 10.3. The van der Waals surface area contributed by atoms with Crippen LogP contribution in [-0.2, 0) is 11.3 Å². The fraction of sp³-hybridized carbons (Fsp3) is 0.647. The van der Waals surface area contributed by atoms with Crippen LogP contribution in [0, 0.1) is 0 Å². The maximum atomic E-state index is 6.56. The first-order valence-electron chi connectivity index (χ1n) is 8.17. The molecule has 1 aromatic rings. The summed E-state index contributed by atoms with van der Waals surface area (Å²) >= 11 is 6.56. The molecular weight excluding hydrogens is 284 g/mol. The highest BCUT2D eigenvalue weighted by Crippen LogP contribution is 2.35. The molecule has 1 aliphatic carbocycles. The molecule has 1 saturated carbocycles. The lowest BCUT2D eigenvalue weighted by molar-refractivity contribution is -0.00866. The van der Waals surface area contributed by atoms with Crippen LogP contribution in [0.2, 0.25) is 5.02 Å². The Morgan fingerprint density at radius 3 is 3.00 bits per heavy atom. The van der Waals surface area contributed by atoms with Gasteiger partial charge in [-0.15, -0.1) is 0 Å². The van der Waals surface area contributed by atoms with Gasteiger partial charge in [-0.1, -0.05) is 37.4 Å². The summed E-state index contributed by atoms with van der Waals surface area (Å²) in [6.07, 6.45) is 5.41. The van der Waals surface area contributed by atoms with Crippen molar-refractivity contribution in [2.75, 3.05) is 24.6 Å². The van der Waals surface area contributed by atoms with Gasteiger partial charge in [0.2, 0.25) is 0 Å². The summed E-state index contributed by atoms with van der Waals surface area (Å²) in [6, 6.07) is 6.99. The molecule has 2 fully saturated rings. The van der Waals surface area contributed by atoms with Crippen molar-refractivity contribution in [1.29, 1.82) is 0 Å². The summed E-state index contributed by atoms with van der Waals surface area (Å²) in [5.41, 5.74) is 2.43. The molecule has 3 rings (SSSR count). The van der Waals surface area contributed by atoms with Crippen molar-refractivity contribution in [3.05, 3.63) is 28.8 Å². The van der Waals surface area contributed by atoms with Crippen molar-refractivity contribution in [1.82, 2.24) is 5.32 Å². The van der Waals surface area contributed by atoms with Gasteiger partial charge in [-0.25, -0.2) is 0 Å². The highest BCUT2D eigenvalue weighted by molar-refractivity contribution is 6.33. The van der Waals surface area contributed by atoms with E-state index >= 15 is 0 Å². The van der Waals surface area contributed by atoms with Gasteiger partial charge in [0, 0.05) is 13.1 Å². The average molecular weight is 309 g/mol. The van der Waals surface area contributed by atoms with Crippen molar-refractivity contribution < 1.29 is 4.74 Å². The summed E-state index contributed by atoms with van der Waals surface area (Å²) in [6.45, 7) is 5.75. The molecule has 0 spiro atoms. The van der Waals surface area contributed by atoms with Gasteiger partial charge >= 0.3 is 0 Å². The van der Waals surface area contributed by atoms with Crippen LogP contribution in [0.5, 0.6) is 0 Å². The standard InChI is InChI=1S/C17H25ClN2O/c1-2-19-12-13-7-8-15(14(18)11-13)20-9-10-21-17-6-4-3-5-16(17)20/h7-8,11,16-17,19H,2-6,9-10,12H2,1H3. The number of benzene rings is 1. The number of anilines is 1.